The summed E-state index contributed by atoms with van der Waals surface area (Å²) < 4.78 is 20.5. The normalized spacial score (nSPS) is 14.2. The molecule has 5 nitrogen and oxygen atoms in total. The van der Waals surface area contributed by atoms with Gasteiger partial charge in [0.25, 0.3) is 5.91 Å². The number of hydrogen-bond donors (Lipinski definition) is 0. The first-order valence-electron chi connectivity index (χ1n) is 7.09. The van der Waals surface area contributed by atoms with E-state index in [2.05, 4.69) is 10.1 Å². The van der Waals surface area contributed by atoms with Crippen LogP contribution in [0.25, 0.3) is 11.4 Å². The molecule has 0 radical (unpaired) electrons. The van der Waals surface area contributed by atoms with Crippen LogP contribution in [-0.2, 0) is 0 Å². The van der Waals surface area contributed by atoms with Crippen LogP contribution in [0.2, 0.25) is 0 Å². The lowest BCUT2D eigenvalue weighted by atomic mass is 10.2. The van der Waals surface area contributed by atoms with Crippen molar-refractivity contribution in [1.29, 1.82) is 0 Å². The number of nitrogens with zero attached hydrogens (tertiary/aromatic N) is 3. The quantitative estimate of drug-likeness (QED) is 0.849. The van der Waals surface area contributed by atoms with Crippen LogP contribution in [0.3, 0.4) is 0 Å². The molecule has 6 heteroatoms. The number of carbonyl (C=O) groups excluding carboxylic acids is 1. The maximum absolute atomic E-state index is 14.0. The second kappa shape index (κ2) is 5.63. The molecular weight excluding hydrogens is 273 g/mol. The van der Waals surface area contributed by atoms with Gasteiger partial charge in [0, 0.05) is 5.92 Å². The first kappa shape index (κ1) is 13.7. The van der Waals surface area contributed by atoms with Gasteiger partial charge in [-0.1, -0.05) is 19.1 Å². The zero-order valence-electron chi connectivity index (χ0n) is 11.8. The van der Waals surface area contributed by atoms with E-state index in [9.17, 15) is 9.18 Å². The van der Waals surface area contributed by atoms with E-state index in [1.54, 1.807) is 18.2 Å². The molecule has 0 spiro atoms. The zero-order chi connectivity index (χ0) is 14.8. The van der Waals surface area contributed by atoms with Gasteiger partial charge in [0.15, 0.2) is 5.82 Å². The van der Waals surface area contributed by atoms with Crippen molar-refractivity contribution in [3.05, 3.63) is 30.1 Å². The molecule has 1 aliphatic rings. The Morgan fingerprint density at radius 1 is 1.43 bits per heavy atom. The van der Waals surface area contributed by atoms with Gasteiger partial charge in [-0.25, -0.2) is 4.39 Å². The standard InChI is InChI=1S/C15H16FN3O2/c1-2-9-21-15-17-13(11-5-3-4-6-12(11)16)19(18-15)14(20)10-7-8-10/h3-6,10H,2,7-9H2,1H3. The number of halogens is 1. The molecule has 1 aromatic heterocycles. The van der Waals surface area contributed by atoms with Crippen molar-refractivity contribution < 1.29 is 13.9 Å². The molecular formula is C15H16FN3O2. The van der Waals surface area contributed by atoms with Gasteiger partial charge in [-0.3, -0.25) is 4.79 Å². The van der Waals surface area contributed by atoms with Crippen molar-refractivity contribution in [2.45, 2.75) is 26.2 Å². The molecule has 3 rings (SSSR count). The van der Waals surface area contributed by atoms with E-state index in [0.29, 0.717) is 6.61 Å². The molecule has 0 atom stereocenters. The summed E-state index contributed by atoms with van der Waals surface area (Å²) in [6.07, 6.45) is 2.50. The van der Waals surface area contributed by atoms with Gasteiger partial charge in [0.05, 0.1) is 12.2 Å². The molecule has 0 bridgehead atoms. The third-order valence-electron chi connectivity index (χ3n) is 3.27. The minimum atomic E-state index is -0.434. The Balaban J connectivity index is 2.02. The molecule has 0 saturated heterocycles. The van der Waals surface area contributed by atoms with E-state index in [1.807, 2.05) is 6.92 Å². The topological polar surface area (TPSA) is 57.0 Å². The summed E-state index contributed by atoms with van der Waals surface area (Å²) in [7, 11) is 0. The Morgan fingerprint density at radius 2 is 2.19 bits per heavy atom. The zero-order valence-corrected chi connectivity index (χ0v) is 11.8. The van der Waals surface area contributed by atoms with Crippen LogP contribution in [0.15, 0.2) is 24.3 Å². The summed E-state index contributed by atoms with van der Waals surface area (Å²) in [5.74, 6) is -0.406. The molecule has 1 heterocycles. The molecule has 0 N–H and O–H groups in total. The number of benzene rings is 1. The molecule has 110 valence electrons. The summed E-state index contributed by atoms with van der Waals surface area (Å²) in [6, 6.07) is 6.33. The highest BCUT2D eigenvalue weighted by Crippen LogP contribution is 2.32. The lowest BCUT2D eigenvalue weighted by molar-refractivity contribution is 0.0869. The lowest BCUT2D eigenvalue weighted by Gasteiger charge is -2.04. The average Bonchev–Trinajstić information content (AvgIpc) is 3.25. The maximum Gasteiger partial charge on any atom is 0.336 e. The van der Waals surface area contributed by atoms with Crippen LogP contribution in [0.5, 0.6) is 6.01 Å². The van der Waals surface area contributed by atoms with Crippen LogP contribution in [0, 0.1) is 11.7 Å². The molecule has 1 aromatic carbocycles. The Labute approximate surface area is 121 Å². The third kappa shape index (κ3) is 2.79. The minimum absolute atomic E-state index is 0.0313. The molecule has 1 fully saturated rings. The summed E-state index contributed by atoms with van der Waals surface area (Å²) in [4.78, 5) is 16.5. The van der Waals surface area contributed by atoms with Gasteiger partial charge < -0.3 is 4.74 Å². The second-order valence-electron chi connectivity index (χ2n) is 5.07. The van der Waals surface area contributed by atoms with Crippen LogP contribution in [0.1, 0.15) is 31.0 Å². The number of carbonyl (C=O) groups is 1. The number of rotatable bonds is 5. The highest BCUT2D eigenvalue weighted by atomic mass is 19.1. The molecule has 0 unspecified atom stereocenters. The Hall–Kier alpha value is -2.24. The molecule has 1 aliphatic carbocycles. The average molecular weight is 289 g/mol. The third-order valence-corrected chi connectivity index (χ3v) is 3.27. The van der Waals surface area contributed by atoms with E-state index in [-0.39, 0.29) is 29.2 Å². The molecule has 21 heavy (non-hydrogen) atoms. The van der Waals surface area contributed by atoms with Crippen molar-refractivity contribution >= 4 is 5.91 Å². The Bertz CT molecular complexity index is 665. The molecule has 2 aromatic rings. The SMILES string of the molecule is CCCOc1nc(-c2ccccc2F)n(C(=O)C2CC2)n1. The van der Waals surface area contributed by atoms with E-state index in [1.165, 1.54) is 10.7 Å². The monoisotopic (exact) mass is 289 g/mol. The van der Waals surface area contributed by atoms with Gasteiger partial charge in [0.2, 0.25) is 0 Å². The van der Waals surface area contributed by atoms with E-state index < -0.39 is 5.82 Å². The van der Waals surface area contributed by atoms with E-state index in [0.717, 1.165) is 19.3 Å². The van der Waals surface area contributed by atoms with E-state index >= 15 is 0 Å². The second-order valence-corrected chi connectivity index (χ2v) is 5.07. The molecule has 0 amide bonds. The van der Waals surface area contributed by atoms with Gasteiger partial charge >= 0.3 is 6.01 Å². The van der Waals surface area contributed by atoms with Crippen LogP contribution < -0.4 is 4.74 Å². The van der Waals surface area contributed by atoms with Crippen molar-refractivity contribution in [2.24, 2.45) is 5.92 Å². The Kier molecular flexibility index (Phi) is 3.68. The summed E-state index contributed by atoms with van der Waals surface area (Å²) in [5, 5.41) is 4.09. The lowest BCUT2D eigenvalue weighted by Crippen LogP contribution is -2.16. The van der Waals surface area contributed by atoms with Crippen LogP contribution in [0.4, 0.5) is 4.39 Å². The summed E-state index contributed by atoms with van der Waals surface area (Å²) >= 11 is 0. The summed E-state index contributed by atoms with van der Waals surface area (Å²) in [6.45, 7) is 2.42. The van der Waals surface area contributed by atoms with Gasteiger partial charge in [0.1, 0.15) is 5.82 Å². The first-order chi connectivity index (χ1) is 10.2. The smallest absolute Gasteiger partial charge is 0.336 e. The van der Waals surface area contributed by atoms with Crippen molar-refractivity contribution in [1.82, 2.24) is 14.8 Å². The van der Waals surface area contributed by atoms with Crippen molar-refractivity contribution in [3.8, 4) is 17.4 Å². The van der Waals surface area contributed by atoms with Crippen molar-refractivity contribution in [3.63, 3.8) is 0 Å². The number of aromatic nitrogens is 3. The Morgan fingerprint density at radius 3 is 2.86 bits per heavy atom. The van der Waals surface area contributed by atoms with Crippen molar-refractivity contribution in [2.75, 3.05) is 6.61 Å². The first-order valence-corrected chi connectivity index (χ1v) is 7.09. The highest BCUT2D eigenvalue weighted by molar-refractivity contribution is 5.86. The fourth-order valence-electron chi connectivity index (χ4n) is 2.02. The number of hydrogen-bond acceptors (Lipinski definition) is 4. The molecule has 0 aliphatic heterocycles. The van der Waals surface area contributed by atoms with Crippen LogP contribution in [-0.4, -0.2) is 27.3 Å². The van der Waals surface area contributed by atoms with Gasteiger partial charge in [-0.2, -0.15) is 9.67 Å². The van der Waals surface area contributed by atoms with E-state index in [4.69, 9.17) is 4.74 Å². The predicted molar refractivity (Wildman–Crippen MR) is 74.6 cm³/mol. The summed E-state index contributed by atoms with van der Waals surface area (Å²) in [5.41, 5.74) is 0.255. The number of ether oxygens (including phenoxy) is 1. The largest absolute Gasteiger partial charge is 0.462 e. The maximum atomic E-state index is 14.0. The van der Waals surface area contributed by atoms with Crippen LogP contribution >= 0.6 is 0 Å². The van der Waals surface area contributed by atoms with Gasteiger partial charge in [-0.15, -0.1) is 5.10 Å². The highest BCUT2D eigenvalue weighted by Gasteiger charge is 2.34. The fraction of sp³-hybridized carbons (Fsp3) is 0.400. The minimum Gasteiger partial charge on any atom is -0.462 e. The van der Waals surface area contributed by atoms with Gasteiger partial charge in [-0.05, 0) is 31.4 Å². The molecule has 1 saturated carbocycles. The predicted octanol–water partition coefficient (Wildman–Crippen LogP) is 2.92. The fourth-order valence-corrected chi connectivity index (χ4v) is 2.02.